The highest BCUT2D eigenvalue weighted by Crippen LogP contribution is 2.46. The summed E-state index contributed by atoms with van der Waals surface area (Å²) in [5.41, 5.74) is -0.688. The first kappa shape index (κ1) is 21.0. The molecule has 2 aromatic rings. The van der Waals surface area contributed by atoms with Crippen molar-refractivity contribution < 1.29 is 22.6 Å². The molecular formula is C20H19ClF3NO2. The molecular weight excluding hydrogens is 379 g/mol. The van der Waals surface area contributed by atoms with E-state index in [-0.39, 0.29) is 18.0 Å². The average Bonchev–Trinajstić information content (AvgIpc) is 2.65. The van der Waals surface area contributed by atoms with E-state index in [0.717, 1.165) is 12.7 Å². The van der Waals surface area contributed by atoms with Gasteiger partial charge in [-0.3, -0.25) is 4.99 Å². The van der Waals surface area contributed by atoms with Gasteiger partial charge in [-0.1, -0.05) is 36.4 Å². The maximum absolute atomic E-state index is 13.8. The lowest BCUT2D eigenvalue weighted by molar-refractivity contribution is -0.272. The minimum absolute atomic E-state index is 0. The predicted octanol–water partition coefficient (Wildman–Crippen LogP) is 5.04. The molecule has 0 radical (unpaired) electrons. The molecule has 0 spiro atoms. The number of aliphatic imine (C=N–C) groups is 1. The summed E-state index contributed by atoms with van der Waals surface area (Å²) < 4.78 is 51.6. The fourth-order valence-electron chi connectivity index (χ4n) is 2.99. The summed E-state index contributed by atoms with van der Waals surface area (Å²) in [5.74, 6) is 0.336. The zero-order valence-electron chi connectivity index (χ0n) is 14.8. The molecule has 144 valence electrons. The smallest absolute Gasteiger partial charge is 0.423 e. The van der Waals surface area contributed by atoms with Crippen molar-refractivity contribution in [2.24, 2.45) is 4.99 Å². The van der Waals surface area contributed by atoms with E-state index in [4.69, 9.17) is 9.47 Å². The van der Waals surface area contributed by atoms with Crippen LogP contribution in [0, 0.1) is 0 Å². The number of alkyl halides is 3. The fourth-order valence-corrected chi connectivity index (χ4v) is 2.99. The zero-order valence-corrected chi connectivity index (χ0v) is 15.6. The first-order valence-electron chi connectivity index (χ1n) is 7.99. The van der Waals surface area contributed by atoms with E-state index in [1.807, 2.05) is 36.4 Å². The molecule has 1 unspecified atom stereocenters. The number of allylic oxidation sites excluding steroid dienone is 1. The van der Waals surface area contributed by atoms with Crippen molar-refractivity contribution in [1.29, 1.82) is 0 Å². The number of rotatable bonds is 4. The van der Waals surface area contributed by atoms with Crippen LogP contribution in [0.2, 0.25) is 0 Å². The number of hydrogen-bond donors (Lipinski definition) is 0. The van der Waals surface area contributed by atoms with Gasteiger partial charge in [-0.2, -0.15) is 13.2 Å². The van der Waals surface area contributed by atoms with E-state index in [1.165, 1.54) is 13.2 Å². The van der Waals surface area contributed by atoms with Crippen molar-refractivity contribution in [2.75, 3.05) is 20.8 Å². The summed E-state index contributed by atoms with van der Waals surface area (Å²) in [6.07, 6.45) is -1.07. The molecule has 0 saturated carbocycles. The van der Waals surface area contributed by atoms with Crippen LogP contribution in [-0.2, 0) is 10.3 Å². The van der Waals surface area contributed by atoms with E-state index in [9.17, 15) is 13.2 Å². The minimum Gasteiger partial charge on any atom is -0.497 e. The zero-order chi connectivity index (χ0) is 18.8. The van der Waals surface area contributed by atoms with Crippen molar-refractivity contribution in [1.82, 2.24) is 0 Å². The second-order valence-corrected chi connectivity index (χ2v) is 5.89. The van der Waals surface area contributed by atoms with Crippen LogP contribution in [0.25, 0.3) is 6.08 Å². The molecule has 0 fully saturated rings. The summed E-state index contributed by atoms with van der Waals surface area (Å²) >= 11 is 0. The van der Waals surface area contributed by atoms with E-state index in [1.54, 1.807) is 18.2 Å². The monoisotopic (exact) mass is 397 g/mol. The van der Waals surface area contributed by atoms with Crippen molar-refractivity contribution >= 4 is 24.2 Å². The Balaban J connectivity index is 0.00000261. The Kier molecular flexibility index (Phi) is 6.34. The van der Waals surface area contributed by atoms with Gasteiger partial charge in [0.25, 0.3) is 0 Å². The lowest BCUT2D eigenvalue weighted by Crippen LogP contribution is -2.49. The topological polar surface area (TPSA) is 30.8 Å². The van der Waals surface area contributed by atoms with Crippen LogP contribution in [0.15, 0.2) is 59.6 Å². The fraction of sp³-hybridized carbons (Fsp3) is 0.250. The Bertz CT molecular complexity index is 850. The summed E-state index contributed by atoms with van der Waals surface area (Å²) in [6.45, 7) is -0.540. The highest BCUT2D eigenvalue weighted by atomic mass is 35.5. The molecule has 2 aromatic carbocycles. The van der Waals surface area contributed by atoms with Gasteiger partial charge in [0.2, 0.25) is 5.60 Å². The normalized spacial score (nSPS) is 19.2. The van der Waals surface area contributed by atoms with Gasteiger partial charge in [0.05, 0.1) is 19.4 Å². The van der Waals surface area contributed by atoms with Gasteiger partial charge in [-0.05, 0) is 29.8 Å². The lowest BCUT2D eigenvalue weighted by Gasteiger charge is -2.37. The van der Waals surface area contributed by atoms with Gasteiger partial charge in [-0.25, -0.2) is 0 Å². The number of nitrogens with zero attached hydrogens (tertiary/aromatic N) is 1. The molecule has 0 N–H and O–H groups in total. The van der Waals surface area contributed by atoms with Crippen LogP contribution >= 0.6 is 12.4 Å². The standard InChI is InChI=1S/C20H18F3NO2.ClH/c1-25-15-9-10-16-17(12-15)19(26-2,20(21,22)23)13-24-18(16)11-8-14-6-4-3-5-7-14;/h3-12H,13H2,1-2H3;1H. The minimum atomic E-state index is -4.61. The van der Waals surface area contributed by atoms with E-state index in [0.29, 0.717) is 17.0 Å². The van der Waals surface area contributed by atoms with E-state index >= 15 is 0 Å². The molecule has 1 atom stereocenters. The number of benzene rings is 2. The first-order valence-corrected chi connectivity index (χ1v) is 7.99. The summed E-state index contributed by atoms with van der Waals surface area (Å²) in [4.78, 5) is 4.18. The number of hydrogen-bond acceptors (Lipinski definition) is 3. The molecule has 0 aliphatic carbocycles. The molecule has 3 rings (SSSR count). The van der Waals surface area contributed by atoms with E-state index in [2.05, 4.69) is 4.99 Å². The third kappa shape index (κ3) is 3.87. The molecule has 0 amide bonds. The van der Waals surface area contributed by atoms with Crippen molar-refractivity contribution in [3.8, 4) is 5.75 Å². The summed E-state index contributed by atoms with van der Waals surface area (Å²) in [7, 11) is 2.47. The van der Waals surface area contributed by atoms with Gasteiger partial charge < -0.3 is 9.47 Å². The highest BCUT2D eigenvalue weighted by molar-refractivity contribution is 6.12. The summed E-state index contributed by atoms with van der Waals surface area (Å²) in [6, 6.07) is 14.1. The Morgan fingerprint density at radius 3 is 2.33 bits per heavy atom. The van der Waals surface area contributed by atoms with E-state index < -0.39 is 18.3 Å². The highest BCUT2D eigenvalue weighted by Gasteiger charge is 2.59. The molecule has 1 heterocycles. The van der Waals surface area contributed by atoms with Crippen molar-refractivity contribution in [3.63, 3.8) is 0 Å². The SMILES string of the molecule is COc1ccc2c(c1)C(OC)(C(F)(F)F)CN=C2C=Cc1ccccc1.Cl. The Morgan fingerprint density at radius 1 is 1.04 bits per heavy atom. The Morgan fingerprint density at radius 2 is 1.74 bits per heavy atom. The molecule has 1 aliphatic heterocycles. The third-order valence-corrected chi connectivity index (χ3v) is 4.45. The third-order valence-electron chi connectivity index (χ3n) is 4.45. The van der Waals surface area contributed by atoms with Crippen LogP contribution in [0.5, 0.6) is 5.75 Å². The molecule has 0 bridgehead atoms. The van der Waals surface area contributed by atoms with Crippen LogP contribution < -0.4 is 4.74 Å². The molecule has 27 heavy (non-hydrogen) atoms. The van der Waals surface area contributed by atoms with Crippen molar-refractivity contribution in [3.05, 3.63) is 71.3 Å². The van der Waals surface area contributed by atoms with Gasteiger partial charge in [-0.15, -0.1) is 12.4 Å². The second-order valence-electron chi connectivity index (χ2n) is 5.89. The van der Waals surface area contributed by atoms with Crippen LogP contribution in [0.1, 0.15) is 16.7 Å². The molecule has 7 heteroatoms. The van der Waals surface area contributed by atoms with Gasteiger partial charge in [0, 0.05) is 18.2 Å². The maximum atomic E-state index is 13.8. The van der Waals surface area contributed by atoms with Crippen LogP contribution in [-0.4, -0.2) is 32.7 Å². The van der Waals surface area contributed by atoms with Gasteiger partial charge in [0.15, 0.2) is 0 Å². The maximum Gasteiger partial charge on any atom is 0.423 e. The summed E-state index contributed by atoms with van der Waals surface area (Å²) in [5, 5.41) is 0. The number of methoxy groups -OCH3 is 2. The average molecular weight is 398 g/mol. The molecule has 0 saturated heterocycles. The molecule has 1 aliphatic rings. The van der Waals surface area contributed by atoms with Crippen molar-refractivity contribution in [2.45, 2.75) is 11.8 Å². The number of halogens is 4. The number of fused-ring (bicyclic) bond motifs is 1. The van der Waals surface area contributed by atoms with Gasteiger partial charge >= 0.3 is 6.18 Å². The second kappa shape index (κ2) is 8.15. The quantitative estimate of drug-likeness (QED) is 0.723. The molecule has 3 nitrogen and oxygen atoms in total. The number of ether oxygens (including phenoxy) is 2. The molecule has 0 aromatic heterocycles. The Hall–Kier alpha value is -2.31. The lowest BCUT2D eigenvalue weighted by atomic mass is 9.84. The Labute approximate surface area is 161 Å². The first-order chi connectivity index (χ1) is 12.4. The van der Waals surface area contributed by atoms with Crippen LogP contribution in [0.3, 0.4) is 0 Å². The predicted molar refractivity (Wildman–Crippen MR) is 102 cm³/mol. The van der Waals surface area contributed by atoms with Crippen LogP contribution in [0.4, 0.5) is 13.2 Å². The van der Waals surface area contributed by atoms with Gasteiger partial charge in [0.1, 0.15) is 5.75 Å². The largest absolute Gasteiger partial charge is 0.497 e.